The number of aliphatic hydroxyl groups excluding tert-OH is 1. The summed E-state index contributed by atoms with van der Waals surface area (Å²) in [5.74, 6) is -1.07. The molecule has 0 aromatic heterocycles. The Labute approximate surface area is 164 Å². The van der Waals surface area contributed by atoms with Gasteiger partial charge >= 0.3 is 0 Å². The number of allylic oxidation sites excluding steroid dienone is 2. The predicted molar refractivity (Wildman–Crippen MR) is 111 cm³/mol. The Kier molecular flexibility index (Phi) is 5.27. The summed E-state index contributed by atoms with van der Waals surface area (Å²) in [5.41, 5.74) is 0.487. The molecular weight excluding hydrogens is 352 g/mol. The summed E-state index contributed by atoms with van der Waals surface area (Å²) in [6.45, 7) is 5.22. The van der Waals surface area contributed by atoms with Crippen LogP contribution in [0, 0.1) is 5.41 Å². The van der Waals surface area contributed by atoms with Gasteiger partial charge < -0.3 is 10.4 Å². The Morgan fingerprint density at radius 1 is 0.964 bits per heavy atom. The first-order valence-electron chi connectivity index (χ1n) is 8.98. The number of rotatable bonds is 4. The van der Waals surface area contributed by atoms with E-state index in [-0.39, 0.29) is 28.5 Å². The topological polar surface area (TPSA) is 78.8 Å². The monoisotopic (exact) mass is 374 g/mol. The molecule has 2 aromatic rings. The van der Waals surface area contributed by atoms with Gasteiger partial charge in [-0.25, -0.2) is 4.99 Å². The average molecular weight is 374 g/mol. The number of benzene rings is 2. The molecule has 0 bridgehead atoms. The average Bonchev–Trinajstić information content (AvgIpc) is 2.66. The smallest absolute Gasteiger partial charge is 0.207 e. The van der Waals surface area contributed by atoms with Crippen LogP contribution in [0.4, 0.5) is 11.4 Å². The van der Waals surface area contributed by atoms with Gasteiger partial charge in [0.1, 0.15) is 5.71 Å². The number of ketones is 2. The fourth-order valence-corrected chi connectivity index (χ4v) is 2.74. The molecular formula is C23H22N2O3. The van der Waals surface area contributed by atoms with Crippen LogP contribution < -0.4 is 5.32 Å². The maximum absolute atomic E-state index is 13.1. The van der Waals surface area contributed by atoms with Crippen LogP contribution in [0.5, 0.6) is 0 Å². The van der Waals surface area contributed by atoms with E-state index in [1.54, 1.807) is 57.2 Å². The van der Waals surface area contributed by atoms with Gasteiger partial charge in [-0.15, -0.1) is 0 Å². The molecule has 5 heteroatoms. The van der Waals surface area contributed by atoms with E-state index in [1.165, 1.54) is 6.08 Å². The van der Waals surface area contributed by atoms with Crippen LogP contribution in [0.25, 0.3) is 0 Å². The molecule has 0 fully saturated rings. The Bertz CT molecular complexity index is 995. The van der Waals surface area contributed by atoms with E-state index in [2.05, 4.69) is 10.3 Å². The van der Waals surface area contributed by atoms with Crippen LogP contribution in [0.3, 0.4) is 0 Å². The van der Waals surface area contributed by atoms with E-state index < -0.39 is 11.2 Å². The van der Waals surface area contributed by atoms with Crippen LogP contribution in [0.2, 0.25) is 0 Å². The van der Waals surface area contributed by atoms with Gasteiger partial charge in [0.15, 0.2) is 11.5 Å². The van der Waals surface area contributed by atoms with Crippen molar-refractivity contribution >= 4 is 28.7 Å². The number of para-hydroxylation sites is 2. The van der Waals surface area contributed by atoms with Crippen molar-refractivity contribution in [2.75, 3.05) is 5.32 Å². The van der Waals surface area contributed by atoms with Crippen molar-refractivity contribution < 1.29 is 14.7 Å². The number of hydrogen-bond donors (Lipinski definition) is 2. The lowest BCUT2D eigenvalue weighted by molar-refractivity contribution is -0.122. The number of nitrogens with one attached hydrogen (secondary N) is 1. The minimum absolute atomic E-state index is 0.0535. The van der Waals surface area contributed by atoms with Crippen LogP contribution in [-0.4, -0.2) is 22.4 Å². The lowest BCUT2D eigenvalue weighted by atomic mass is 9.81. The summed E-state index contributed by atoms with van der Waals surface area (Å²) >= 11 is 0. The summed E-state index contributed by atoms with van der Waals surface area (Å²) in [6.07, 6.45) is 1.27. The van der Waals surface area contributed by atoms with E-state index in [1.807, 2.05) is 24.3 Å². The third-order valence-electron chi connectivity index (χ3n) is 4.20. The van der Waals surface area contributed by atoms with Crippen LogP contribution in [0.1, 0.15) is 20.8 Å². The highest BCUT2D eigenvalue weighted by atomic mass is 16.3. The van der Waals surface area contributed by atoms with Crippen molar-refractivity contribution in [2.45, 2.75) is 20.8 Å². The highest BCUT2D eigenvalue weighted by Crippen LogP contribution is 2.30. The molecule has 0 saturated heterocycles. The molecule has 0 radical (unpaired) electrons. The summed E-state index contributed by atoms with van der Waals surface area (Å²) in [5, 5.41) is 13.9. The first-order chi connectivity index (χ1) is 13.3. The van der Waals surface area contributed by atoms with Crippen LogP contribution in [0.15, 0.2) is 88.8 Å². The number of nitrogens with zero attached hydrogens (tertiary/aromatic N) is 1. The lowest BCUT2D eigenvalue weighted by Crippen LogP contribution is -2.34. The molecule has 0 atom stereocenters. The summed E-state index contributed by atoms with van der Waals surface area (Å²) < 4.78 is 0. The largest absolute Gasteiger partial charge is 0.505 e. The van der Waals surface area contributed by atoms with Gasteiger partial charge in [-0.2, -0.15) is 0 Å². The van der Waals surface area contributed by atoms with Gasteiger partial charge in [-0.05, 0) is 24.3 Å². The molecule has 0 heterocycles. The number of Topliss-reactive ketones (excluding diaryl/α,β-unsaturated/α-hetero) is 1. The first-order valence-corrected chi connectivity index (χ1v) is 8.98. The summed E-state index contributed by atoms with van der Waals surface area (Å²) in [4.78, 5) is 30.3. The number of aliphatic hydroxyl groups is 1. The van der Waals surface area contributed by atoms with Crippen molar-refractivity contribution in [3.63, 3.8) is 0 Å². The minimum Gasteiger partial charge on any atom is -0.505 e. The molecule has 3 rings (SSSR count). The number of anilines is 1. The molecule has 0 saturated carbocycles. The molecule has 142 valence electrons. The zero-order valence-electron chi connectivity index (χ0n) is 16.1. The number of carbonyl (C=O) groups excluding carboxylic acids is 2. The molecule has 1 aliphatic carbocycles. The summed E-state index contributed by atoms with van der Waals surface area (Å²) in [6, 6.07) is 18.0. The van der Waals surface area contributed by atoms with Crippen molar-refractivity contribution in [3.8, 4) is 0 Å². The van der Waals surface area contributed by atoms with Crippen LogP contribution in [-0.2, 0) is 9.59 Å². The van der Waals surface area contributed by atoms with Crippen LogP contribution >= 0.6 is 0 Å². The first kappa shape index (κ1) is 19.3. The fraction of sp³-hybridized carbons (Fsp3) is 0.174. The van der Waals surface area contributed by atoms with Gasteiger partial charge in [0.05, 0.1) is 17.0 Å². The van der Waals surface area contributed by atoms with Gasteiger partial charge in [-0.3, -0.25) is 9.59 Å². The quantitative estimate of drug-likeness (QED) is 0.756. The number of aliphatic imine (C=N–C) groups is 1. The highest BCUT2D eigenvalue weighted by molar-refractivity contribution is 6.56. The maximum Gasteiger partial charge on any atom is 0.207 e. The van der Waals surface area contributed by atoms with Gasteiger partial charge in [-0.1, -0.05) is 57.2 Å². The molecule has 1 aliphatic rings. The van der Waals surface area contributed by atoms with Crippen molar-refractivity contribution in [2.24, 2.45) is 10.4 Å². The SMILES string of the molecule is CC(C)(C)C(=O)C1=C(O)C(Nc2ccccc2)=CC(=O)C1=Nc1ccccc1. The Hall–Kier alpha value is -3.47. The lowest BCUT2D eigenvalue weighted by Gasteiger charge is -2.24. The van der Waals surface area contributed by atoms with E-state index in [0.29, 0.717) is 11.4 Å². The van der Waals surface area contributed by atoms with Gasteiger partial charge in [0.25, 0.3) is 0 Å². The third-order valence-corrected chi connectivity index (χ3v) is 4.20. The van der Waals surface area contributed by atoms with E-state index >= 15 is 0 Å². The minimum atomic E-state index is -0.795. The van der Waals surface area contributed by atoms with Crippen molar-refractivity contribution in [1.29, 1.82) is 0 Å². The second-order valence-corrected chi connectivity index (χ2v) is 7.51. The standard InChI is InChI=1S/C23H22N2O3/c1-23(2,3)22(28)19-20(25-16-12-8-5-9-13-16)18(26)14-17(21(19)27)24-15-10-6-4-7-11-15/h4-14,24,27H,1-3H3. The number of carbonyl (C=O) groups is 2. The van der Waals surface area contributed by atoms with E-state index in [4.69, 9.17) is 0 Å². The molecule has 28 heavy (non-hydrogen) atoms. The van der Waals surface area contributed by atoms with Gasteiger partial charge in [0.2, 0.25) is 5.78 Å². The Balaban J connectivity index is 2.12. The fourth-order valence-electron chi connectivity index (χ4n) is 2.74. The molecule has 2 N–H and O–H groups in total. The second-order valence-electron chi connectivity index (χ2n) is 7.51. The van der Waals surface area contributed by atoms with Crippen molar-refractivity contribution in [1.82, 2.24) is 0 Å². The molecule has 0 aliphatic heterocycles. The molecule has 5 nitrogen and oxygen atoms in total. The molecule has 0 unspecified atom stereocenters. The zero-order valence-corrected chi connectivity index (χ0v) is 16.1. The third kappa shape index (κ3) is 4.09. The highest BCUT2D eigenvalue weighted by Gasteiger charge is 2.37. The van der Waals surface area contributed by atoms with E-state index in [0.717, 1.165) is 0 Å². The van der Waals surface area contributed by atoms with E-state index in [9.17, 15) is 14.7 Å². The molecule has 0 amide bonds. The number of hydrogen-bond acceptors (Lipinski definition) is 5. The normalized spacial score (nSPS) is 16.2. The van der Waals surface area contributed by atoms with Gasteiger partial charge in [0, 0.05) is 17.2 Å². The molecule has 0 spiro atoms. The maximum atomic E-state index is 13.1. The second kappa shape index (κ2) is 7.64. The summed E-state index contributed by atoms with van der Waals surface area (Å²) in [7, 11) is 0. The predicted octanol–water partition coefficient (Wildman–Crippen LogP) is 4.77. The zero-order chi connectivity index (χ0) is 20.3. The van der Waals surface area contributed by atoms with Crippen molar-refractivity contribution in [3.05, 3.63) is 83.8 Å². The molecule has 2 aromatic carbocycles. The Morgan fingerprint density at radius 3 is 2.11 bits per heavy atom. The Morgan fingerprint density at radius 2 is 1.54 bits per heavy atom.